The molecule has 0 spiro atoms. The highest BCUT2D eigenvalue weighted by molar-refractivity contribution is 6.08. The molecule has 0 fully saturated rings. The van der Waals surface area contributed by atoms with Crippen LogP contribution in [0.25, 0.3) is 33.4 Å². The Balaban J connectivity index is 1.63. The third kappa shape index (κ3) is 4.95. The van der Waals surface area contributed by atoms with Gasteiger partial charge in [0, 0.05) is 30.1 Å². The van der Waals surface area contributed by atoms with Crippen LogP contribution in [-0.2, 0) is 11.8 Å². The average molecular weight is 519 g/mol. The molecule has 0 atom stereocenters. The summed E-state index contributed by atoms with van der Waals surface area (Å²) in [6.45, 7) is 3.52. The van der Waals surface area contributed by atoms with E-state index in [-0.39, 0.29) is 5.91 Å². The number of carbonyl (C=O) groups excluding carboxylic acids is 1. The van der Waals surface area contributed by atoms with Crippen molar-refractivity contribution in [2.24, 2.45) is 7.05 Å². The van der Waals surface area contributed by atoms with Gasteiger partial charge in [-0.2, -0.15) is 0 Å². The Labute approximate surface area is 225 Å². The Morgan fingerprint density at radius 2 is 1.79 bits per heavy atom. The number of carbonyl (C=O) groups is 1. The van der Waals surface area contributed by atoms with Crippen molar-refractivity contribution < 1.29 is 14.3 Å². The predicted octanol–water partition coefficient (Wildman–Crippen LogP) is 5.35. The summed E-state index contributed by atoms with van der Waals surface area (Å²) in [7, 11) is 3.52. The highest BCUT2D eigenvalue weighted by atomic mass is 16.5. The molecule has 0 aliphatic heterocycles. The van der Waals surface area contributed by atoms with Crippen molar-refractivity contribution in [3.8, 4) is 51.6 Å². The fraction of sp³-hybridized carbons (Fsp3) is 0.133. The monoisotopic (exact) mass is 518 g/mol. The summed E-state index contributed by atoms with van der Waals surface area (Å²) in [6, 6.07) is 18.8. The van der Waals surface area contributed by atoms with E-state index >= 15 is 0 Å². The van der Waals surface area contributed by atoms with Crippen molar-refractivity contribution in [3.63, 3.8) is 0 Å². The number of aromatic nitrogens is 4. The summed E-state index contributed by atoms with van der Waals surface area (Å²) in [5.74, 6) is 6.60. The first-order chi connectivity index (χ1) is 18.9. The van der Waals surface area contributed by atoms with E-state index in [0.717, 1.165) is 33.5 Å². The van der Waals surface area contributed by atoms with Crippen LogP contribution >= 0.6 is 0 Å². The summed E-state index contributed by atoms with van der Waals surface area (Å²) < 4.78 is 13.7. The molecule has 9 heteroatoms. The second-order valence-corrected chi connectivity index (χ2v) is 8.73. The normalized spacial score (nSPS) is 10.6. The van der Waals surface area contributed by atoms with Crippen molar-refractivity contribution in [1.82, 2.24) is 19.5 Å². The minimum atomic E-state index is -0.367. The number of rotatable bonds is 6. The van der Waals surface area contributed by atoms with Gasteiger partial charge in [0.05, 0.1) is 18.2 Å². The van der Waals surface area contributed by atoms with Gasteiger partial charge in [-0.1, -0.05) is 30.2 Å². The van der Waals surface area contributed by atoms with Crippen LogP contribution in [0.2, 0.25) is 0 Å². The molecule has 0 aliphatic rings. The number of anilines is 2. The molecule has 5 rings (SSSR count). The minimum Gasteiger partial charge on any atom is -0.493 e. The van der Waals surface area contributed by atoms with Crippen molar-refractivity contribution in [2.45, 2.75) is 13.8 Å². The second kappa shape index (κ2) is 10.6. The van der Waals surface area contributed by atoms with E-state index in [0.29, 0.717) is 34.5 Å². The summed E-state index contributed by atoms with van der Waals surface area (Å²) in [5, 5.41) is 3.49. The number of fused-ring (bicyclic) bond motifs is 1. The molecule has 3 aromatic heterocycles. The zero-order chi connectivity index (χ0) is 27.5. The molecule has 0 radical (unpaired) electrons. The fourth-order valence-corrected chi connectivity index (χ4v) is 4.48. The number of nitrogens with two attached hydrogens (primary N) is 1. The van der Waals surface area contributed by atoms with Crippen molar-refractivity contribution in [3.05, 3.63) is 72.7 Å². The van der Waals surface area contributed by atoms with Crippen LogP contribution in [0.1, 0.15) is 12.6 Å². The number of amides is 1. The summed E-state index contributed by atoms with van der Waals surface area (Å²) >= 11 is 0. The molecule has 0 bridgehead atoms. The summed E-state index contributed by atoms with van der Waals surface area (Å²) in [5.41, 5.74) is 12.0. The third-order valence-corrected chi connectivity index (χ3v) is 6.18. The lowest BCUT2D eigenvalue weighted by atomic mass is 9.98. The van der Waals surface area contributed by atoms with Gasteiger partial charge >= 0.3 is 0 Å². The van der Waals surface area contributed by atoms with E-state index in [9.17, 15) is 4.79 Å². The van der Waals surface area contributed by atoms with Gasteiger partial charge in [-0.15, -0.1) is 0 Å². The predicted molar refractivity (Wildman–Crippen MR) is 151 cm³/mol. The molecule has 0 unspecified atom stereocenters. The molecule has 9 nitrogen and oxygen atoms in total. The molecule has 2 aromatic carbocycles. The fourth-order valence-electron chi connectivity index (χ4n) is 4.48. The molecule has 1 amide bonds. The number of aryl methyl sites for hydroxylation is 2. The number of ether oxygens (including phenoxy) is 2. The Morgan fingerprint density at radius 3 is 2.51 bits per heavy atom. The molecule has 39 heavy (non-hydrogen) atoms. The lowest BCUT2D eigenvalue weighted by Gasteiger charge is -2.14. The lowest BCUT2D eigenvalue weighted by Crippen LogP contribution is -2.08. The molecule has 3 heterocycles. The van der Waals surface area contributed by atoms with E-state index in [1.165, 1.54) is 6.33 Å². The summed E-state index contributed by atoms with van der Waals surface area (Å²) in [4.78, 5) is 25.1. The van der Waals surface area contributed by atoms with Gasteiger partial charge in [-0.25, -0.2) is 15.0 Å². The van der Waals surface area contributed by atoms with E-state index in [1.54, 1.807) is 20.1 Å². The highest BCUT2D eigenvalue weighted by Gasteiger charge is 2.23. The first-order valence-corrected chi connectivity index (χ1v) is 12.1. The van der Waals surface area contributed by atoms with Crippen LogP contribution in [0.3, 0.4) is 0 Å². The number of nitrogens with one attached hydrogen (secondary N) is 1. The van der Waals surface area contributed by atoms with Crippen LogP contribution in [0.4, 0.5) is 11.5 Å². The standard InChI is InChI=1S/C30H26N6O3/c1-5-7-24(37)35-21-13-10-19(11-14-21)28-26(27-29(31)32-17-33-30(27)36(28)3)20-12-15-22(23(16-20)38-4)39-25-9-6-8-18(2)34-25/h6,8-17H,1-4H3,(H,35,37)(H2,31,32,33). The molecular weight excluding hydrogens is 492 g/mol. The lowest BCUT2D eigenvalue weighted by molar-refractivity contribution is -0.111. The van der Waals surface area contributed by atoms with Crippen LogP contribution in [0, 0.1) is 18.8 Å². The van der Waals surface area contributed by atoms with E-state index in [4.69, 9.17) is 15.2 Å². The van der Waals surface area contributed by atoms with E-state index in [2.05, 4.69) is 32.1 Å². The second-order valence-electron chi connectivity index (χ2n) is 8.73. The maximum Gasteiger partial charge on any atom is 0.300 e. The maximum atomic E-state index is 11.9. The SMILES string of the molecule is CC#CC(=O)Nc1ccc(-c2c(-c3ccc(Oc4cccc(C)n4)c(OC)c3)c3c(N)ncnc3n2C)cc1. The number of nitrogen functional groups attached to an aromatic ring is 1. The Morgan fingerprint density at radius 1 is 1.03 bits per heavy atom. The molecule has 5 aromatic rings. The summed E-state index contributed by atoms with van der Waals surface area (Å²) in [6.07, 6.45) is 1.45. The molecule has 194 valence electrons. The largest absolute Gasteiger partial charge is 0.493 e. The zero-order valence-corrected chi connectivity index (χ0v) is 21.9. The van der Waals surface area contributed by atoms with Crippen molar-refractivity contribution >= 4 is 28.4 Å². The molecule has 0 aliphatic carbocycles. The highest BCUT2D eigenvalue weighted by Crippen LogP contribution is 2.44. The smallest absolute Gasteiger partial charge is 0.300 e. The Kier molecular flexibility index (Phi) is 6.85. The van der Waals surface area contributed by atoms with Crippen molar-refractivity contribution in [1.29, 1.82) is 0 Å². The third-order valence-electron chi connectivity index (χ3n) is 6.18. The zero-order valence-electron chi connectivity index (χ0n) is 21.9. The Bertz CT molecular complexity index is 1760. The van der Waals surface area contributed by atoms with Gasteiger partial charge in [0.1, 0.15) is 17.8 Å². The topological polar surface area (TPSA) is 117 Å². The first-order valence-electron chi connectivity index (χ1n) is 12.1. The van der Waals surface area contributed by atoms with Gasteiger partial charge < -0.3 is 25.1 Å². The van der Waals surface area contributed by atoms with Gasteiger partial charge in [0.2, 0.25) is 5.88 Å². The molecule has 3 N–H and O–H groups in total. The quantitative estimate of drug-likeness (QED) is 0.291. The first kappa shape index (κ1) is 25.3. The van der Waals surface area contributed by atoms with Crippen molar-refractivity contribution in [2.75, 3.05) is 18.2 Å². The van der Waals surface area contributed by atoms with E-state index < -0.39 is 0 Å². The number of hydrogen-bond acceptors (Lipinski definition) is 7. The molecule has 0 saturated carbocycles. The van der Waals surface area contributed by atoms with Gasteiger partial charge in [-0.05, 0) is 61.2 Å². The van der Waals surface area contributed by atoms with Crippen LogP contribution in [0.5, 0.6) is 17.4 Å². The van der Waals surface area contributed by atoms with Crippen LogP contribution in [-0.4, -0.2) is 32.5 Å². The number of nitrogens with zero attached hydrogens (tertiary/aromatic N) is 4. The number of hydrogen-bond donors (Lipinski definition) is 2. The van der Waals surface area contributed by atoms with Gasteiger partial charge in [-0.3, -0.25) is 4.79 Å². The number of methoxy groups -OCH3 is 1. The minimum absolute atomic E-state index is 0.363. The van der Waals surface area contributed by atoms with Crippen LogP contribution < -0.4 is 20.5 Å². The van der Waals surface area contributed by atoms with E-state index in [1.807, 2.05) is 73.1 Å². The van der Waals surface area contributed by atoms with Gasteiger partial charge in [0.25, 0.3) is 5.91 Å². The maximum absolute atomic E-state index is 11.9. The molecular formula is C30H26N6O3. The Hall–Kier alpha value is -5.36. The van der Waals surface area contributed by atoms with Crippen LogP contribution in [0.15, 0.2) is 67.0 Å². The average Bonchev–Trinajstić information content (AvgIpc) is 3.23. The molecule has 0 saturated heterocycles. The number of pyridine rings is 1. The number of benzene rings is 2. The van der Waals surface area contributed by atoms with Gasteiger partial charge in [0.15, 0.2) is 11.5 Å².